The SMILES string of the molecule is CC[C@H]1CCc2sc(C(=O)OCC(=O)N[C@@H](C)c3ccccc3)cc2C1. The smallest absolute Gasteiger partial charge is 0.348 e. The minimum absolute atomic E-state index is 0.123. The van der Waals surface area contributed by atoms with Crippen LogP contribution in [0.2, 0.25) is 0 Å². The second kappa shape index (κ2) is 8.49. The number of hydrogen-bond acceptors (Lipinski definition) is 4. The fourth-order valence-electron chi connectivity index (χ4n) is 3.36. The van der Waals surface area contributed by atoms with Gasteiger partial charge in [-0.05, 0) is 49.3 Å². The zero-order chi connectivity index (χ0) is 18.5. The fourth-order valence-corrected chi connectivity index (χ4v) is 4.46. The van der Waals surface area contributed by atoms with Gasteiger partial charge in [0.25, 0.3) is 5.91 Å². The van der Waals surface area contributed by atoms with Gasteiger partial charge in [0.2, 0.25) is 0 Å². The van der Waals surface area contributed by atoms with E-state index in [2.05, 4.69) is 12.2 Å². The molecule has 1 aliphatic rings. The zero-order valence-corrected chi connectivity index (χ0v) is 16.1. The Balaban J connectivity index is 1.51. The van der Waals surface area contributed by atoms with Crippen molar-refractivity contribution in [3.8, 4) is 0 Å². The van der Waals surface area contributed by atoms with Gasteiger partial charge in [0, 0.05) is 4.88 Å². The van der Waals surface area contributed by atoms with Crippen molar-refractivity contribution in [2.24, 2.45) is 5.92 Å². The molecule has 0 radical (unpaired) electrons. The van der Waals surface area contributed by atoms with Gasteiger partial charge in [-0.1, -0.05) is 43.7 Å². The van der Waals surface area contributed by atoms with Crippen molar-refractivity contribution >= 4 is 23.2 Å². The molecular weight excluding hydrogens is 346 g/mol. The average Bonchev–Trinajstić information content (AvgIpc) is 3.10. The molecule has 1 amide bonds. The van der Waals surface area contributed by atoms with Crippen LogP contribution in [0.5, 0.6) is 0 Å². The van der Waals surface area contributed by atoms with Crippen molar-refractivity contribution in [2.75, 3.05) is 6.61 Å². The van der Waals surface area contributed by atoms with Gasteiger partial charge in [-0.3, -0.25) is 4.79 Å². The lowest BCUT2D eigenvalue weighted by molar-refractivity contribution is -0.124. The molecule has 0 unspecified atom stereocenters. The van der Waals surface area contributed by atoms with E-state index in [-0.39, 0.29) is 18.6 Å². The number of benzene rings is 1. The molecule has 1 aliphatic carbocycles. The van der Waals surface area contributed by atoms with Crippen LogP contribution >= 0.6 is 11.3 Å². The van der Waals surface area contributed by atoms with Gasteiger partial charge >= 0.3 is 5.97 Å². The first-order valence-electron chi connectivity index (χ1n) is 9.19. The second-order valence-electron chi connectivity index (χ2n) is 6.85. The van der Waals surface area contributed by atoms with Crippen LogP contribution in [0.1, 0.15) is 58.4 Å². The van der Waals surface area contributed by atoms with Gasteiger partial charge in [-0.15, -0.1) is 11.3 Å². The van der Waals surface area contributed by atoms with Crippen LogP contribution in [-0.4, -0.2) is 18.5 Å². The molecule has 1 aromatic heterocycles. The summed E-state index contributed by atoms with van der Waals surface area (Å²) in [5, 5.41) is 2.85. The standard InChI is InChI=1S/C21H25NO3S/c1-3-15-9-10-18-17(11-15)12-19(26-18)21(24)25-13-20(23)22-14(2)16-7-5-4-6-8-16/h4-8,12,14-15H,3,9-11,13H2,1-2H3,(H,22,23)/t14-,15-/m0/s1. The summed E-state index contributed by atoms with van der Waals surface area (Å²) in [6.07, 6.45) is 4.46. The van der Waals surface area contributed by atoms with E-state index in [0.717, 1.165) is 18.4 Å². The molecule has 2 atom stereocenters. The van der Waals surface area contributed by atoms with Crippen LogP contribution in [0.3, 0.4) is 0 Å². The van der Waals surface area contributed by atoms with E-state index in [0.29, 0.717) is 10.8 Å². The lowest BCUT2D eigenvalue weighted by Gasteiger charge is -2.19. The maximum Gasteiger partial charge on any atom is 0.348 e. The van der Waals surface area contributed by atoms with E-state index in [4.69, 9.17) is 4.74 Å². The Morgan fingerprint density at radius 2 is 2.08 bits per heavy atom. The summed E-state index contributed by atoms with van der Waals surface area (Å²) in [6, 6.07) is 11.5. The summed E-state index contributed by atoms with van der Waals surface area (Å²) in [6.45, 7) is 3.87. The highest BCUT2D eigenvalue weighted by molar-refractivity contribution is 7.14. The molecular formula is C21H25NO3S. The number of carbonyl (C=O) groups is 2. The highest BCUT2D eigenvalue weighted by Crippen LogP contribution is 2.33. The van der Waals surface area contributed by atoms with Crippen molar-refractivity contribution < 1.29 is 14.3 Å². The second-order valence-corrected chi connectivity index (χ2v) is 7.99. The third-order valence-corrected chi connectivity index (χ3v) is 6.19. The van der Waals surface area contributed by atoms with Crippen LogP contribution in [0.25, 0.3) is 0 Å². The molecule has 1 N–H and O–H groups in total. The third-order valence-electron chi connectivity index (χ3n) is 4.97. The molecule has 0 aliphatic heterocycles. The minimum Gasteiger partial charge on any atom is -0.451 e. The van der Waals surface area contributed by atoms with Gasteiger partial charge in [0.05, 0.1) is 6.04 Å². The summed E-state index contributed by atoms with van der Waals surface area (Å²) >= 11 is 1.51. The molecule has 2 aromatic rings. The molecule has 0 saturated heterocycles. The third kappa shape index (κ3) is 4.52. The maximum absolute atomic E-state index is 12.3. The molecule has 138 valence electrons. The molecule has 1 heterocycles. The Kier molecular flexibility index (Phi) is 6.09. The van der Waals surface area contributed by atoms with Crippen molar-refractivity contribution in [3.63, 3.8) is 0 Å². The Bertz CT molecular complexity index is 769. The molecule has 5 heteroatoms. The monoisotopic (exact) mass is 371 g/mol. The summed E-state index contributed by atoms with van der Waals surface area (Å²) in [7, 11) is 0. The van der Waals surface area contributed by atoms with Crippen molar-refractivity contribution in [1.82, 2.24) is 5.32 Å². The van der Waals surface area contributed by atoms with Crippen LogP contribution in [-0.2, 0) is 22.4 Å². The highest BCUT2D eigenvalue weighted by atomic mass is 32.1. The summed E-state index contributed by atoms with van der Waals surface area (Å²) in [4.78, 5) is 26.2. The number of ether oxygens (including phenoxy) is 1. The number of hydrogen-bond donors (Lipinski definition) is 1. The molecule has 0 spiro atoms. The van der Waals surface area contributed by atoms with Crippen LogP contribution in [0.4, 0.5) is 0 Å². The number of amides is 1. The van der Waals surface area contributed by atoms with E-state index in [1.807, 2.05) is 43.3 Å². The predicted molar refractivity (Wildman–Crippen MR) is 103 cm³/mol. The lowest BCUT2D eigenvalue weighted by Crippen LogP contribution is -2.31. The van der Waals surface area contributed by atoms with Gasteiger partial charge in [0.15, 0.2) is 6.61 Å². The van der Waals surface area contributed by atoms with E-state index < -0.39 is 5.97 Å². The fraction of sp³-hybridized carbons (Fsp3) is 0.429. The highest BCUT2D eigenvalue weighted by Gasteiger charge is 2.23. The maximum atomic E-state index is 12.3. The molecule has 0 bridgehead atoms. The van der Waals surface area contributed by atoms with Crippen molar-refractivity contribution in [1.29, 1.82) is 0 Å². The Morgan fingerprint density at radius 3 is 2.81 bits per heavy atom. The number of carbonyl (C=O) groups excluding carboxylic acids is 2. The normalized spacial score (nSPS) is 17.2. The molecule has 1 aromatic carbocycles. The first-order chi connectivity index (χ1) is 12.6. The number of nitrogens with one attached hydrogen (secondary N) is 1. The summed E-state index contributed by atoms with van der Waals surface area (Å²) in [5.41, 5.74) is 2.30. The van der Waals surface area contributed by atoms with E-state index in [1.54, 1.807) is 0 Å². The summed E-state index contributed by atoms with van der Waals surface area (Å²) < 4.78 is 5.22. The van der Waals surface area contributed by atoms with E-state index in [1.165, 1.54) is 34.6 Å². The Hall–Kier alpha value is -2.14. The van der Waals surface area contributed by atoms with Gasteiger partial charge in [0.1, 0.15) is 4.88 Å². The van der Waals surface area contributed by atoms with Crippen molar-refractivity contribution in [2.45, 2.75) is 45.6 Å². The predicted octanol–water partition coefficient (Wildman–Crippen LogP) is 4.30. The lowest BCUT2D eigenvalue weighted by atomic mass is 9.87. The zero-order valence-electron chi connectivity index (χ0n) is 15.3. The topological polar surface area (TPSA) is 55.4 Å². The Labute approximate surface area is 158 Å². The number of thiophene rings is 1. The van der Waals surface area contributed by atoms with Crippen molar-refractivity contribution in [3.05, 3.63) is 57.3 Å². The molecule has 0 saturated carbocycles. The average molecular weight is 372 g/mol. The van der Waals surface area contributed by atoms with E-state index in [9.17, 15) is 9.59 Å². The van der Waals surface area contributed by atoms with Gasteiger partial charge < -0.3 is 10.1 Å². The molecule has 0 fully saturated rings. The van der Waals surface area contributed by atoms with Crippen LogP contribution in [0, 0.1) is 5.92 Å². The number of rotatable bonds is 6. The number of aryl methyl sites for hydroxylation is 1. The van der Waals surface area contributed by atoms with Crippen LogP contribution in [0.15, 0.2) is 36.4 Å². The molecule has 3 rings (SSSR count). The van der Waals surface area contributed by atoms with Gasteiger partial charge in [-0.2, -0.15) is 0 Å². The van der Waals surface area contributed by atoms with Crippen LogP contribution < -0.4 is 5.32 Å². The van der Waals surface area contributed by atoms with E-state index >= 15 is 0 Å². The van der Waals surface area contributed by atoms with Gasteiger partial charge in [-0.25, -0.2) is 4.79 Å². The number of fused-ring (bicyclic) bond motifs is 1. The summed E-state index contributed by atoms with van der Waals surface area (Å²) in [5.74, 6) is 0.0215. The largest absolute Gasteiger partial charge is 0.451 e. The minimum atomic E-state index is -0.403. The molecule has 4 nitrogen and oxygen atoms in total. The first kappa shape index (κ1) is 18.6. The first-order valence-corrected chi connectivity index (χ1v) is 10.0. The number of esters is 1. The molecule has 26 heavy (non-hydrogen) atoms. The quantitative estimate of drug-likeness (QED) is 0.771. The Morgan fingerprint density at radius 1 is 1.31 bits per heavy atom.